The molecule has 2 atom stereocenters. The Labute approximate surface area is 114 Å². The first-order valence-corrected chi connectivity index (χ1v) is 8.34. The summed E-state index contributed by atoms with van der Waals surface area (Å²) in [5.74, 6) is 1.02. The van der Waals surface area contributed by atoms with Crippen LogP contribution in [-0.2, 0) is 0 Å². The lowest BCUT2D eigenvalue weighted by atomic mass is 9.98. The van der Waals surface area contributed by atoms with E-state index < -0.39 is 0 Å². The second kappa shape index (κ2) is 8.16. The van der Waals surface area contributed by atoms with Gasteiger partial charge in [0.25, 0.3) is 0 Å². The van der Waals surface area contributed by atoms with Gasteiger partial charge in [-0.3, -0.25) is 0 Å². The molecule has 1 N–H and O–H groups in total. The molecule has 1 aliphatic carbocycles. The fourth-order valence-corrected chi connectivity index (χ4v) is 3.61. The first-order chi connectivity index (χ1) is 8.88. The molecule has 2 rings (SSSR count). The highest BCUT2D eigenvalue weighted by Crippen LogP contribution is 2.25. The van der Waals surface area contributed by atoms with E-state index >= 15 is 0 Å². The van der Waals surface area contributed by atoms with Gasteiger partial charge in [0, 0.05) is 6.04 Å². The van der Waals surface area contributed by atoms with Crippen molar-refractivity contribution in [1.82, 2.24) is 10.2 Å². The van der Waals surface area contributed by atoms with Crippen LogP contribution in [0.1, 0.15) is 64.7 Å². The zero-order valence-corrected chi connectivity index (χ0v) is 12.3. The van der Waals surface area contributed by atoms with E-state index in [0.717, 1.165) is 12.0 Å². The minimum atomic E-state index is 0.820. The molecule has 0 aromatic carbocycles. The molecule has 0 spiro atoms. The van der Waals surface area contributed by atoms with Crippen molar-refractivity contribution in [3.05, 3.63) is 0 Å². The Bertz CT molecular complexity index is 211. The summed E-state index contributed by atoms with van der Waals surface area (Å²) in [6.07, 6.45) is 12.8. The largest absolute Gasteiger partial charge is 0.314 e. The summed E-state index contributed by atoms with van der Waals surface area (Å²) in [6, 6.07) is 0.820. The first-order valence-electron chi connectivity index (χ1n) is 8.34. The van der Waals surface area contributed by atoms with E-state index in [-0.39, 0.29) is 0 Å². The Kier molecular flexibility index (Phi) is 6.50. The average Bonchev–Trinajstić information content (AvgIpc) is 2.80. The molecule has 0 aromatic heterocycles. The van der Waals surface area contributed by atoms with Crippen LogP contribution < -0.4 is 5.32 Å². The summed E-state index contributed by atoms with van der Waals surface area (Å²) in [6.45, 7) is 7.60. The van der Waals surface area contributed by atoms with Crippen molar-refractivity contribution in [3.63, 3.8) is 0 Å². The van der Waals surface area contributed by atoms with E-state index in [1.807, 2.05) is 0 Å². The van der Waals surface area contributed by atoms with Gasteiger partial charge in [-0.05, 0) is 70.6 Å². The number of hydrogen-bond donors (Lipinski definition) is 1. The Hall–Kier alpha value is -0.0800. The molecule has 0 amide bonds. The van der Waals surface area contributed by atoms with E-state index in [1.165, 1.54) is 84.0 Å². The van der Waals surface area contributed by atoms with Crippen LogP contribution in [0.5, 0.6) is 0 Å². The highest BCUT2D eigenvalue weighted by Gasteiger charge is 2.17. The van der Waals surface area contributed by atoms with Crippen LogP contribution in [0.2, 0.25) is 0 Å². The molecular weight excluding hydrogens is 220 g/mol. The molecule has 1 saturated carbocycles. The summed E-state index contributed by atoms with van der Waals surface area (Å²) < 4.78 is 0. The maximum absolute atomic E-state index is 3.80. The minimum absolute atomic E-state index is 0.820. The summed E-state index contributed by atoms with van der Waals surface area (Å²) in [5.41, 5.74) is 0. The SMILES string of the molecule is CCC1CCCC(NCCCN2CCCC2)CC1. The summed E-state index contributed by atoms with van der Waals surface area (Å²) >= 11 is 0. The third kappa shape index (κ3) is 4.89. The van der Waals surface area contributed by atoms with Crippen molar-refractivity contribution in [2.24, 2.45) is 5.92 Å². The highest BCUT2D eigenvalue weighted by atomic mass is 15.1. The predicted octanol–water partition coefficient (Wildman–Crippen LogP) is 3.42. The lowest BCUT2D eigenvalue weighted by Gasteiger charge is -2.18. The maximum atomic E-state index is 3.80. The number of likely N-dealkylation sites (tertiary alicyclic amines) is 1. The minimum Gasteiger partial charge on any atom is -0.314 e. The van der Waals surface area contributed by atoms with Crippen molar-refractivity contribution in [2.45, 2.75) is 70.8 Å². The van der Waals surface area contributed by atoms with Crippen molar-refractivity contribution in [1.29, 1.82) is 0 Å². The molecule has 2 unspecified atom stereocenters. The van der Waals surface area contributed by atoms with E-state index in [9.17, 15) is 0 Å². The van der Waals surface area contributed by atoms with Gasteiger partial charge in [-0.2, -0.15) is 0 Å². The lowest BCUT2D eigenvalue weighted by molar-refractivity contribution is 0.324. The molecule has 2 fully saturated rings. The van der Waals surface area contributed by atoms with Crippen LogP contribution in [-0.4, -0.2) is 37.1 Å². The quantitative estimate of drug-likeness (QED) is 0.575. The molecule has 0 aromatic rings. The van der Waals surface area contributed by atoms with Crippen LogP contribution in [0.3, 0.4) is 0 Å². The van der Waals surface area contributed by atoms with Crippen molar-refractivity contribution < 1.29 is 0 Å². The number of hydrogen-bond acceptors (Lipinski definition) is 2. The second-order valence-electron chi connectivity index (χ2n) is 6.34. The van der Waals surface area contributed by atoms with Crippen LogP contribution in [0, 0.1) is 5.92 Å². The molecule has 2 aliphatic rings. The Morgan fingerprint density at radius 3 is 2.61 bits per heavy atom. The summed E-state index contributed by atoms with van der Waals surface area (Å²) in [7, 11) is 0. The average molecular weight is 252 g/mol. The van der Waals surface area contributed by atoms with Gasteiger partial charge in [-0.1, -0.05) is 26.2 Å². The fraction of sp³-hybridized carbons (Fsp3) is 1.00. The topological polar surface area (TPSA) is 15.3 Å². The predicted molar refractivity (Wildman–Crippen MR) is 78.9 cm³/mol. The first kappa shape index (κ1) is 14.3. The molecule has 106 valence electrons. The molecule has 2 nitrogen and oxygen atoms in total. The van der Waals surface area contributed by atoms with Gasteiger partial charge in [-0.25, -0.2) is 0 Å². The molecule has 18 heavy (non-hydrogen) atoms. The van der Waals surface area contributed by atoms with Gasteiger partial charge in [0.15, 0.2) is 0 Å². The van der Waals surface area contributed by atoms with Gasteiger partial charge >= 0.3 is 0 Å². The molecule has 1 saturated heterocycles. The standard InChI is InChI=1S/C16H32N2/c1-2-15-7-5-8-16(10-9-15)17-11-6-14-18-12-3-4-13-18/h15-17H,2-14H2,1H3. The molecular formula is C16H32N2. The maximum Gasteiger partial charge on any atom is 0.00671 e. The number of nitrogens with one attached hydrogen (secondary N) is 1. The molecule has 1 heterocycles. The van der Waals surface area contributed by atoms with E-state index in [2.05, 4.69) is 17.1 Å². The summed E-state index contributed by atoms with van der Waals surface area (Å²) in [4.78, 5) is 2.63. The van der Waals surface area contributed by atoms with Crippen LogP contribution >= 0.6 is 0 Å². The Morgan fingerprint density at radius 1 is 1.00 bits per heavy atom. The third-order valence-corrected chi connectivity index (χ3v) is 4.95. The Morgan fingerprint density at radius 2 is 1.83 bits per heavy atom. The molecule has 0 bridgehead atoms. The van der Waals surface area contributed by atoms with Crippen LogP contribution in [0.25, 0.3) is 0 Å². The van der Waals surface area contributed by atoms with E-state index in [4.69, 9.17) is 0 Å². The van der Waals surface area contributed by atoms with E-state index in [1.54, 1.807) is 0 Å². The van der Waals surface area contributed by atoms with Gasteiger partial charge in [0.1, 0.15) is 0 Å². The number of rotatable bonds is 6. The lowest BCUT2D eigenvalue weighted by Crippen LogP contribution is -2.31. The normalized spacial score (nSPS) is 30.5. The van der Waals surface area contributed by atoms with Crippen LogP contribution in [0.15, 0.2) is 0 Å². The Balaban J connectivity index is 1.53. The number of nitrogens with zero attached hydrogens (tertiary/aromatic N) is 1. The molecule has 0 radical (unpaired) electrons. The van der Waals surface area contributed by atoms with Gasteiger partial charge in [0.05, 0.1) is 0 Å². The summed E-state index contributed by atoms with van der Waals surface area (Å²) in [5, 5.41) is 3.80. The van der Waals surface area contributed by atoms with Crippen molar-refractivity contribution >= 4 is 0 Å². The van der Waals surface area contributed by atoms with Gasteiger partial charge in [0.2, 0.25) is 0 Å². The van der Waals surface area contributed by atoms with Crippen LogP contribution in [0.4, 0.5) is 0 Å². The second-order valence-corrected chi connectivity index (χ2v) is 6.34. The molecule has 2 heteroatoms. The van der Waals surface area contributed by atoms with Gasteiger partial charge in [-0.15, -0.1) is 0 Å². The zero-order valence-electron chi connectivity index (χ0n) is 12.3. The fourth-order valence-electron chi connectivity index (χ4n) is 3.61. The highest BCUT2D eigenvalue weighted by molar-refractivity contribution is 4.75. The van der Waals surface area contributed by atoms with Crippen molar-refractivity contribution in [2.75, 3.05) is 26.2 Å². The molecule has 1 aliphatic heterocycles. The smallest absolute Gasteiger partial charge is 0.00671 e. The monoisotopic (exact) mass is 252 g/mol. The zero-order chi connectivity index (χ0) is 12.6. The third-order valence-electron chi connectivity index (χ3n) is 4.95. The van der Waals surface area contributed by atoms with Crippen molar-refractivity contribution in [3.8, 4) is 0 Å². The van der Waals surface area contributed by atoms with Gasteiger partial charge < -0.3 is 10.2 Å². The van der Waals surface area contributed by atoms with E-state index in [0.29, 0.717) is 0 Å².